The van der Waals surface area contributed by atoms with Crippen LogP contribution in [-0.4, -0.2) is 31.6 Å². The van der Waals surface area contributed by atoms with Crippen molar-refractivity contribution in [1.29, 1.82) is 0 Å². The third-order valence-corrected chi connectivity index (χ3v) is 5.92. The van der Waals surface area contributed by atoms with Gasteiger partial charge in [0.15, 0.2) is 0 Å². The lowest BCUT2D eigenvalue weighted by Gasteiger charge is -2.18. The minimum absolute atomic E-state index is 0.155. The van der Waals surface area contributed by atoms with Crippen LogP contribution in [0.4, 0.5) is 5.69 Å². The molecule has 126 valence electrons. The molecule has 1 amide bonds. The Morgan fingerprint density at radius 3 is 2.67 bits per heavy atom. The summed E-state index contributed by atoms with van der Waals surface area (Å²) >= 11 is 0. The quantitative estimate of drug-likeness (QED) is 0.920. The highest BCUT2D eigenvalue weighted by Crippen LogP contribution is 2.25. The Hall–Kier alpha value is -2.41. The fraction of sp³-hybridized carbons (Fsp3) is 0.294. The molecule has 1 aliphatic heterocycles. The molecule has 1 saturated heterocycles. The second-order valence-corrected chi connectivity index (χ2v) is 7.78. The molecular weight excluding hydrogens is 326 g/mol. The van der Waals surface area contributed by atoms with E-state index in [1.807, 2.05) is 19.1 Å². The van der Waals surface area contributed by atoms with Gasteiger partial charge in [0.2, 0.25) is 10.0 Å². The van der Waals surface area contributed by atoms with E-state index >= 15 is 0 Å². The highest BCUT2D eigenvalue weighted by molar-refractivity contribution is 7.93. The number of sulfonamides is 1. The van der Waals surface area contributed by atoms with Gasteiger partial charge >= 0.3 is 0 Å². The molecule has 0 bridgehead atoms. The van der Waals surface area contributed by atoms with E-state index < -0.39 is 10.0 Å². The van der Waals surface area contributed by atoms with Gasteiger partial charge in [-0.1, -0.05) is 6.07 Å². The highest BCUT2D eigenvalue weighted by atomic mass is 32.2. The minimum atomic E-state index is -3.25. The van der Waals surface area contributed by atoms with Crippen molar-refractivity contribution in [2.75, 3.05) is 16.6 Å². The van der Waals surface area contributed by atoms with Gasteiger partial charge in [-0.05, 0) is 49.2 Å². The summed E-state index contributed by atoms with van der Waals surface area (Å²) < 4.78 is 25.4. The first-order valence-corrected chi connectivity index (χ1v) is 9.39. The van der Waals surface area contributed by atoms with Crippen LogP contribution in [0.25, 0.3) is 0 Å². The first-order chi connectivity index (χ1) is 11.5. The second-order valence-electron chi connectivity index (χ2n) is 5.77. The van der Waals surface area contributed by atoms with Crippen molar-refractivity contribution in [2.24, 2.45) is 0 Å². The standard InChI is InChI=1S/C17H19N3O3S/c1-13(14-6-8-18-9-7-14)19-17(21)15-4-2-5-16(12-15)20-10-3-11-24(20,22)23/h2,4-9,12-13H,3,10-11H2,1H3,(H,19,21). The van der Waals surface area contributed by atoms with Crippen LogP contribution >= 0.6 is 0 Å². The van der Waals surface area contributed by atoms with E-state index in [0.29, 0.717) is 24.2 Å². The van der Waals surface area contributed by atoms with Crippen LogP contribution in [0.15, 0.2) is 48.8 Å². The Morgan fingerprint density at radius 2 is 2.00 bits per heavy atom. The number of hydrogen-bond donors (Lipinski definition) is 1. The zero-order valence-corrected chi connectivity index (χ0v) is 14.2. The maximum atomic E-state index is 12.5. The number of anilines is 1. The molecule has 24 heavy (non-hydrogen) atoms. The Labute approximate surface area is 141 Å². The highest BCUT2D eigenvalue weighted by Gasteiger charge is 2.28. The Kier molecular flexibility index (Phi) is 4.53. The zero-order valence-electron chi connectivity index (χ0n) is 13.3. The van der Waals surface area contributed by atoms with Crippen LogP contribution in [0.3, 0.4) is 0 Å². The number of nitrogens with zero attached hydrogens (tertiary/aromatic N) is 2. The number of carbonyl (C=O) groups excluding carboxylic acids is 1. The van der Waals surface area contributed by atoms with Gasteiger partial charge in [-0.2, -0.15) is 0 Å². The lowest BCUT2D eigenvalue weighted by Crippen LogP contribution is -2.28. The summed E-state index contributed by atoms with van der Waals surface area (Å²) in [6, 6.07) is 10.2. The summed E-state index contributed by atoms with van der Waals surface area (Å²) in [5.74, 6) is -0.0829. The van der Waals surface area contributed by atoms with Gasteiger partial charge in [0.25, 0.3) is 5.91 Å². The summed E-state index contributed by atoms with van der Waals surface area (Å²) in [5.41, 5.74) is 1.93. The molecule has 0 saturated carbocycles. The summed E-state index contributed by atoms with van der Waals surface area (Å²) in [6.45, 7) is 2.35. The number of hydrogen-bond acceptors (Lipinski definition) is 4. The average Bonchev–Trinajstić information content (AvgIpc) is 2.95. The normalized spacial score (nSPS) is 17.5. The zero-order chi connectivity index (χ0) is 17.2. The van der Waals surface area contributed by atoms with Crippen molar-refractivity contribution in [3.8, 4) is 0 Å². The van der Waals surface area contributed by atoms with Crippen molar-refractivity contribution in [2.45, 2.75) is 19.4 Å². The molecule has 7 heteroatoms. The second kappa shape index (κ2) is 6.60. The van der Waals surface area contributed by atoms with Crippen molar-refractivity contribution >= 4 is 21.6 Å². The number of benzene rings is 1. The molecule has 0 aliphatic carbocycles. The molecule has 0 radical (unpaired) electrons. The average molecular weight is 345 g/mol. The summed E-state index contributed by atoms with van der Waals surface area (Å²) in [6.07, 6.45) is 3.96. The molecule has 1 aromatic heterocycles. The third kappa shape index (κ3) is 3.41. The van der Waals surface area contributed by atoms with E-state index in [-0.39, 0.29) is 17.7 Å². The van der Waals surface area contributed by atoms with Gasteiger partial charge in [0.05, 0.1) is 17.5 Å². The first kappa shape index (κ1) is 16.4. The topological polar surface area (TPSA) is 79.4 Å². The van der Waals surface area contributed by atoms with Crippen LogP contribution < -0.4 is 9.62 Å². The Morgan fingerprint density at radius 1 is 1.25 bits per heavy atom. The van der Waals surface area contributed by atoms with Crippen LogP contribution in [0.2, 0.25) is 0 Å². The van der Waals surface area contributed by atoms with Gasteiger partial charge in [0, 0.05) is 24.5 Å². The Bertz CT molecular complexity index is 837. The molecule has 1 aliphatic rings. The molecule has 1 aromatic carbocycles. The number of nitrogens with one attached hydrogen (secondary N) is 1. The number of rotatable bonds is 4. The molecule has 1 atom stereocenters. The van der Waals surface area contributed by atoms with Gasteiger partial charge < -0.3 is 5.32 Å². The summed E-state index contributed by atoms with van der Waals surface area (Å²) in [4.78, 5) is 16.4. The van der Waals surface area contributed by atoms with Crippen LogP contribution in [0.1, 0.15) is 35.3 Å². The smallest absolute Gasteiger partial charge is 0.251 e. The summed E-state index contributed by atoms with van der Waals surface area (Å²) in [5, 5.41) is 2.92. The monoisotopic (exact) mass is 345 g/mol. The lowest BCUT2D eigenvalue weighted by molar-refractivity contribution is 0.0940. The number of carbonyl (C=O) groups is 1. The number of pyridine rings is 1. The summed E-state index contributed by atoms with van der Waals surface area (Å²) in [7, 11) is -3.25. The van der Waals surface area contributed by atoms with E-state index in [4.69, 9.17) is 0 Å². The molecule has 1 unspecified atom stereocenters. The predicted molar refractivity (Wildman–Crippen MR) is 92.3 cm³/mol. The molecule has 2 heterocycles. The molecular formula is C17H19N3O3S. The maximum absolute atomic E-state index is 12.5. The van der Waals surface area contributed by atoms with Crippen LogP contribution in [0, 0.1) is 0 Å². The first-order valence-electron chi connectivity index (χ1n) is 7.79. The van der Waals surface area contributed by atoms with Crippen molar-refractivity contribution in [1.82, 2.24) is 10.3 Å². The van der Waals surface area contributed by atoms with E-state index in [1.54, 1.807) is 36.7 Å². The molecule has 6 nitrogen and oxygen atoms in total. The van der Waals surface area contributed by atoms with E-state index in [2.05, 4.69) is 10.3 Å². The molecule has 3 rings (SSSR count). The van der Waals surface area contributed by atoms with Gasteiger partial charge in [0.1, 0.15) is 0 Å². The molecule has 2 aromatic rings. The van der Waals surface area contributed by atoms with Crippen LogP contribution in [-0.2, 0) is 10.0 Å². The molecule has 0 spiro atoms. The Balaban J connectivity index is 1.78. The number of aromatic nitrogens is 1. The van der Waals surface area contributed by atoms with E-state index in [0.717, 1.165) is 5.56 Å². The SMILES string of the molecule is CC(NC(=O)c1cccc(N2CCCS2(=O)=O)c1)c1ccncc1. The number of amides is 1. The fourth-order valence-electron chi connectivity index (χ4n) is 2.75. The lowest BCUT2D eigenvalue weighted by atomic mass is 10.1. The molecule has 1 N–H and O–H groups in total. The predicted octanol–water partition coefficient (Wildman–Crippen LogP) is 2.11. The van der Waals surface area contributed by atoms with Gasteiger partial charge in [-0.25, -0.2) is 8.42 Å². The van der Waals surface area contributed by atoms with Crippen LogP contribution in [0.5, 0.6) is 0 Å². The van der Waals surface area contributed by atoms with E-state index in [9.17, 15) is 13.2 Å². The van der Waals surface area contributed by atoms with Gasteiger partial charge in [-0.15, -0.1) is 0 Å². The maximum Gasteiger partial charge on any atom is 0.251 e. The largest absolute Gasteiger partial charge is 0.346 e. The van der Waals surface area contributed by atoms with Crippen molar-refractivity contribution in [3.63, 3.8) is 0 Å². The van der Waals surface area contributed by atoms with Gasteiger partial charge in [-0.3, -0.25) is 14.1 Å². The van der Waals surface area contributed by atoms with Crippen molar-refractivity contribution < 1.29 is 13.2 Å². The van der Waals surface area contributed by atoms with E-state index in [1.165, 1.54) is 4.31 Å². The van der Waals surface area contributed by atoms with Crippen molar-refractivity contribution in [3.05, 3.63) is 59.9 Å². The third-order valence-electron chi connectivity index (χ3n) is 4.05. The fourth-order valence-corrected chi connectivity index (χ4v) is 4.30. The minimum Gasteiger partial charge on any atom is -0.346 e. The molecule has 1 fully saturated rings.